The lowest BCUT2D eigenvalue weighted by atomic mass is 10.1. The van der Waals surface area contributed by atoms with E-state index in [0.717, 1.165) is 19.4 Å². The van der Waals surface area contributed by atoms with E-state index >= 15 is 0 Å². The minimum Gasteiger partial charge on any atom is -0.397 e. The predicted molar refractivity (Wildman–Crippen MR) is 60.0 cm³/mol. The van der Waals surface area contributed by atoms with Crippen molar-refractivity contribution in [2.45, 2.75) is 18.9 Å². The van der Waals surface area contributed by atoms with Crippen molar-refractivity contribution < 1.29 is 9.53 Å². The van der Waals surface area contributed by atoms with Gasteiger partial charge in [0.25, 0.3) is 5.91 Å². The fourth-order valence-corrected chi connectivity index (χ4v) is 1.72. The minimum absolute atomic E-state index is 0.0719. The molecule has 1 amide bonds. The first-order valence-electron chi connectivity index (χ1n) is 5.36. The molecule has 5 nitrogen and oxygen atoms in total. The quantitative estimate of drug-likeness (QED) is 0.765. The molecule has 1 saturated heterocycles. The topological polar surface area (TPSA) is 77.2 Å². The standard InChI is InChI=1S/C11H15N3O2/c12-9-4-1-5-13-10(9)11(15)14-8-3-2-6-16-7-8/h1,4-5,8H,2-3,6-7,12H2,(H,14,15). The lowest BCUT2D eigenvalue weighted by molar-refractivity contribution is 0.0622. The van der Waals surface area contributed by atoms with Gasteiger partial charge in [-0.3, -0.25) is 4.79 Å². The molecule has 1 aromatic rings. The molecule has 1 atom stereocenters. The molecule has 86 valence electrons. The first-order chi connectivity index (χ1) is 7.77. The third-order valence-electron chi connectivity index (χ3n) is 2.55. The number of ether oxygens (including phenoxy) is 1. The molecule has 2 rings (SSSR count). The van der Waals surface area contributed by atoms with E-state index in [0.29, 0.717) is 12.3 Å². The Kier molecular flexibility index (Phi) is 3.36. The predicted octanol–water partition coefficient (Wildman–Crippen LogP) is 0.573. The van der Waals surface area contributed by atoms with Crippen LogP contribution in [-0.4, -0.2) is 30.1 Å². The van der Waals surface area contributed by atoms with Crippen molar-refractivity contribution in [2.24, 2.45) is 0 Å². The van der Waals surface area contributed by atoms with Gasteiger partial charge in [0.1, 0.15) is 0 Å². The maximum absolute atomic E-state index is 11.8. The van der Waals surface area contributed by atoms with Gasteiger partial charge in [-0.05, 0) is 25.0 Å². The van der Waals surface area contributed by atoms with Gasteiger partial charge in [-0.25, -0.2) is 4.98 Å². The lowest BCUT2D eigenvalue weighted by Crippen LogP contribution is -2.41. The first kappa shape index (κ1) is 10.9. The number of aromatic nitrogens is 1. The molecule has 1 aliphatic rings. The van der Waals surface area contributed by atoms with Gasteiger partial charge in [-0.15, -0.1) is 0 Å². The van der Waals surface area contributed by atoms with E-state index in [9.17, 15) is 4.79 Å². The maximum atomic E-state index is 11.8. The monoisotopic (exact) mass is 221 g/mol. The Hall–Kier alpha value is -1.62. The zero-order valence-corrected chi connectivity index (χ0v) is 8.98. The summed E-state index contributed by atoms with van der Waals surface area (Å²) >= 11 is 0. The van der Waals surface area contributed by atoms with Crippen LogP contribution < -0.4 is 11.1 Å². The lowest BCUT2D eigenvalue weighted by Gasteiger charge is -2.23. The normalized spacial score (nSPS) is 20.4. The van der Waals surface area contributed by atoms with Gasteiger partial charge in [0.2, 0.25) is 0 Å². The number of hydrogen-bond donors (Lipinski definition) is 2. The molecule has 0 aliphatic carbocycles. The van der Waals surface area contributed by atoms with Crippen LogP contribution in [0.5, 0.6) is 0 Å². The molecular formula is C11H15N3O2. The number of amides is 1. The Labute approximate surface area is 94.0 Å². The summed E-state index contributed by atoms with van der Waals surface area (Å²) in [6.45, 7) is 1.34. The molecule has 5 heteroatoms. The number of carbonyl (C=O) groups is 1. The van der Waals surface area contributed by atoms with Gasteiger partial charge in [0.05, 0.1) is 18.3 Å². The van der Waals surface area contributed by atoms with Crippen molar-refractivity contribution in [3.8, 4) is 0 Å². The molecular weight excluding hydrogens is 206 g/mol. The van der Waals surface area contributed by atoms with Gasteiger partial charge in [-0.2, -0.15) is 0 Å². The summed E-state index contributed by atoms with van der Waals surface area (Å²) in [5, 5.41) is 2.87. The molecule has 2 heterocycles. The molecule has 0 radical (unpaired) electrons. The maximum Gasteiger partial charge on any atom is 0.272 e. The van der Waals surface area contributed by atoms with E-state index in [1.54, 1.807) is 18.3 Å². The van der Waals surface area contributed by atoms with Crippen LogP contribution in [0.3, 0.4) is 0 Å². The fourth-order valence-electron chi connectivity index (χ4n) is 1.72. The van der Waals surface area contributed by atoms with E-state index in [1.165, 1.54) is 0 Å². The summed E-state index contributed by atoms with van der Waals surface area (Å²) in [7, 11) is 0. The zero-order chi connectivity index (χ0) is 11.4. The third kappa shape index (κ3) is 2.49. The van der Waals surface area contributed by atoms with Crippen molar-refractivity contribution in [1.29, 1.82) is 0 Å². The highest BCUT2D eigenvalue weighted by Crippen LogP contribution is 2.10. The van der Waals surface area contributed by atoms with Crippen molar-refractivity contribution >= 4 is 11.6 Å². The highest BCUT2D eigenvalue weighted by molar-refractivity contribution is 5.97. The summed E-state index contributed by atoms with van der Waals surface area (Å²) in [5.74, 6) is -0.228. The molecule has 16 heavy (non-hydrogen) atoms. The zero-order valence-electron chi connectivity index (χ0n) is 8.98. The largest absolute Gasteiger partial charge is 0.397 e. The molecule has 1 unspecified atom stereocenters. The summed E-state index contributed by atoms with van der Waals surface area (Å²) in [4.78, 5) is 15.8. The molecule has 1 aromatic heterocycles. The molecule has 0 spiro atoms. The van der Waals surface area contributed by atoms with Crippen LogP contribution in [0.1, 0.15) is 23.3 Å². The smallest absolute Gasteiger partial charge is 0.272 e. The van der Waals surface area contributed by atoms with E-state index in [1.807, 2.05) is 0 Å². The third-order valence-corrected chi connectivity index (χ3v) is 2.55. The Morgan fingerprint density at radius 3 is 3.19 bits per heavy atom. The number of carbonyl (C=O) groups excluding carboxylic acids is 1. The summed E-state index contributed by atoms with van der Waals surface area (Å²) in [6.07, 6.45) is 3.48. The van der Waals surface area contributed by atoms with Gasteiger partial charge < -0.3 is 15.8 Å². The number of rotatable bonds is 2. The average Bonchev–Trinajstić information content (AvgIpc) is 2.31. The fraction of sp³-hybridized carbons (Fsp3) is 0.455. The van der Waals surface area contributed by atoms with Gasteiger partial charge in [-0.1, -0.05) is 0 Å². The molecule has 0 aromatic carbocycles. The number of nitrogens with two attached hydrogens (primary N) is 1. The second kappa shape index (κ2) is 4.94. The SMILES string of the molecule is Nc1cccnc1C(=O)NC1CCCOC1. The Balaban J connectivity index is 2.00. The van der Waals surface area contributed by atoms with Crippen molar-refractivity contribution in [3.63, 3.8) is 0 Å². The Bertz CT molecular complexity index is 375. The van der Waals surface area contributed by atoms with Crippen LogP contribution in [0.4, 0.5) is 5.69 Å². The van der Waals surface area contributed by atoms with E-state index in [-0.39, 0.29) is 17.6 Å². The van der Waals surface area contributed by atoms with Crippen molar-refractivity contribution in [3.05, 3.63) is 24.0 Å². The van der Waals surface area contributed by atoms with Gasteiger partial charge in [0.15, 0.2) is 5.69 Å². The first-order valence-corrected chi connectivity index (χ1v) is 5.36. The molecule has 0 saturated carbocycles. The van der Waals surface area contributed by atoms with E-state index < -0.39 is 0 Å². The number of pyridine rings is 1. The summed E-state index contributed by atoms with van der Waals surface area (Å²) in [6, 6.07) is 3.44. The van der Waals surface area contributed by atoms with Crippen molar-refractivity contribution in [1.82, 2.24) is 10.3 Å². The van der Waals surface area contributed by atoms with E-state index in [2.05, 4.69) is 10.3 Å². The summed E-state index contributed by atoms with van der Waals surface area (Å²) in [5.41, 5.74) is 6.36. The number of nitrogens with zero attached hydrogens (tertiary/aromatic N) is 1. The molecule has 3 N–H and O–H groups in total. The molecule has 1 fully saturated rings. The van der Waals surface area contributed by atoms with Crippen LogP contribution in [0.15, 0.2) is 18.3 Å². The Morgan fingerprint density at radius 1 is 1.62 bits per heavy atom. The highest BCUT2D eigenvalue weighted by atomic mass is 16.5. The van der Waals surface area contributed by atoms with Crippen LogP contribution in [0.25, 0.3) is 0 Å². The molecule has 1 aliphatic heterocycles. The van der Waals surface area contributed by atoms with Crippen LogP contribution in [0, 0.1) is 0 Å². The van der Waals surface area contributed by atoms with Crippen LogP contribution >= 0.6 is 0 Å². The van der Waals surface area contributed by atoms with Crippen molar-refractivity contribution in [2.75, 3.05) is 18.9 Å². The number of anilines is 1. The Morgan fingerprint density at radius 2 is 2.50 bits per heavy atom. The van der Waals surface area contributed by atoms with E-state index in [4.69, 9.17) is 10.5 Å². The number of nitrogen functional groups attached to an aromatic ring is 1. The second-order valence-corrected chi connectivity index (χ2v) is 3.83. The van der Waals surface area contributed by atoms with Gasteiger partial charge in [0, 0.05) is 12.8 Å². The highest BCUT2D eigenvalue weighted by Gasteiger charge is 2.18. The van der Waals surface area contributed by atoms with Crippen LogP contribution in [0.2, 0.25) is 0 Å². The van der Waals surface area contributed by atoms with Gasteiger partial charge >= 0.3 is 0 Å². The molecule has 0 bridgehead atoms. The summed E-state index contributed by atoms with van der Waals surface area (Å²) < 4.78 is 5.28. The number of nitrogens with one attached hydrogen (secondary N) is 1. The minimum atomic E-state index is -0.228. The number of hydrogen-bond acceptors (Lipinski definition) is 4. The second-order valence-electron chi connectivity index (χ2n) is 3.83. The average molecular weight is 221 g/mol. The van der Waals surface area contributed by atoms with Crippen LogP contribution in [-0.2, 0) is 4.74 Å².